The minimum atomic E-state index is -4.62. The number of rotatable bonds is 3. The minimum absolute atomic E-state index is 0.367. The van der Waals surface area contributed by atoms with Crippen LogP contribution in [-0.2, 0) is 25.4 Å². The first kappa shape index (κ1) is 16.4. The summed E-state index contributed by atoms with van der Waals surface area (Å²) >= 11 is 3.21. The van der Waals surface area contributed by atoms with Crippen LogP contribution in [0.3, 0.4) is 0 Å². The molecular formula is C14H14F3N3OS2. The van der Waals surface area contributed by atoms with E-state index in [9.17, 15) is 18.0 Å². The molecule has 0 aromatic carbocycles. The van der Waals surface area contributed by atoms with Crippen LogP contribution in [0, 0.1) is 0 Å². The fourth-order valence-corrected chi connectivity index (χ4v) is 5.05. The lowest BCUT2D eigenvalue weighted by molar-refractivity contribution is -0.144. The SMILES string of the molecule is CNc1sc2c(c1C(=O)c1cnn(C)c1C(F)(F)F)CCSC2. The van der Waals surface area contributed by atoms with Crippen LogP contribution in [0.15, 0.2) is 6.20 Å². The molecule has 0 radical (unpaired) electrons. The van der Waals surface area contributed by atoms with Gasteiger partial charge in [0.15, 0.2) is 11.5 Å². The minimum Gasteiger partial charge on any atom is -0.379 e. The fourth-order valence-electron chi connectivity index (χ4n) is 2.72. The predicted molar refractivity (Wildman–Crippen MR) is 85.4 cm³/mol. The predicted octanol–water partition coefficient (Wildman–Crippen LogP) is 3.56. The lowest BCUT2D eigenvalue weighted by Gasteiger charge is -2.13. The Morgan fingerprint density at radius 2 is 2.17 bits per heavy atom. The van der Waals surface area contributed by atoms with Crippen LogP contribution in [0.1, 0.15) is 32.1 Å². The third-order valence-electron chi connectivity index (χ3n) is 3.73. The van der Waals surface area contributed by atoms with Gasteiger partial charge >= 0.3 is 6.18 Å². The molecule has 0 aliphatic carbocycles. The van der Waals surface area contributed by atoms with E-state index in [4.69, 9.17) is 0 Å². The molecule has 2 aromatic rings. The van der Waals surface area contributed by atoms with Gasteiger partial charge < -0.3 is 5.32 Å². The fraction of sp³-hybridized carbons (Fsp3) is 0.429. The molecule has 0 amide bonds. The van der Waals surface area contributed by atoms with Gasteiger partial charge in [-0.3, -0.25) is 9.48 Å². The summed E-state index contributed by atoms with van der Waals surface area (Å²) in [4.78, 5) is 13.9. The number of thioether (sulfide) groups is 1. The summed E-state index contributed by atoms with van der Waals surface area (Å²) in [6, 6.07) is 0. The van der Waals surface area contributed by atoms with E-state index in [1.807, 2.05) is 0 Å². The van der Waals surface area contributed by atoms with Crippen LogP contribution in [0.2, 0.25) is 0 Å². The van der Waals surface area contributed by atoms with Gasteiger partial charge in [-0.25, -0.2) is 0 Å². The smallest absolute Gasteiger partial charge is 0.379 e. The van der Waals surface area contributed by atoms with Crippen molar-refractivity contribution in [3.05, 3.63) is 33.5 Å². The van der Waals surface area contributed by atoms with E-state index in [-0.39, 0.29) is 0 Å². The molecule has 23 heavy (non-hydrogen) atoms. The van der Waals surface area contributed by atoms with Crippen LogP contribution in [0.4, 0.5) is 18.2 Å². The van der Waals surface area contributed by atoms with E-state index >= 15 is 0 Å². The molecule has 3 heterocycles. The van der Waals surface area contributed by atoms with Crippen molar-refractivity contribution in [2.75, 3.05) is 18.1 Å². The molecule has 1 N–H and O–H groups in total. The van der Waals surface area contributed by atoms with Gasteiger partial charge in [0.1, 0.15) is 0 Å². The number of anilines is 1. The molecule has 0 spiro atoms. The number of nitrogens with one attached hydrogen (secondary N) is 1. The van der Waals surface area contributed by atoms with Gasteiger partial charge in [0, 0.05) is 24.7 Å². The van der Waals surface area contributed by atoms with Crippen molar-refractivity contribution in [1.29, 1.82) is 0 Å². The second kappa shape index (κ2) is 5.86. The van der Waals surface area contributed by atoms with Crippen LogP contribution in [0.25, 0.3) is 0 Å². The van der Waals surface area contributed by atoms with Gasteiger partial charge in [-0.2, -0.15) is 30.0 Å². The van der Waals surface area contributed by atoms with Crippen molar-refractivity contribution in [2.24, 2.45) is 7.05 Å². The zero-order valence-electron chi connectivity index (χ0n) is 12.5. The van der Waals surface area contributed by atoms with E-state index in [0.29, 0.717) is 21.7 Å². The van der Waals surface area contributed by atoms with E-state index in [0.717, 1.165) is 28.1 Å². The first-order valence-corrected chi connectivity index (χ1v) is 8.85. The summed E-state index contributed by atoms with van der Waals surface area (Å²) in [6.45, 7) is 0. The molecule has 9 heteroatoms. The molecule has 0 saturated carbocycles. The van der Waals surface area contributed by atoms with E-state index < -0.39 is 23.2 Å². The van der Waals surface area contributed by atoms with Crippen LogP contribution >= 0.6 is 23.1 Å². The van der Waals surface area contributed by atoms with Gasteiger partial charge in [0.25, 0.3) is 0 Å². The highest BCUT2D eigenvalue weighted by Crippen LogP contribution is 2.41. The quantitative estimate of drug-likeness (QED) is 0.849. The molecule has 0 saturated heterocycles. The van der Waals surface area contributed by atoms with E-state index in [2.05, 4.69) is 10.4 Å². The Labute approximate surface area is 139 Å². The number of fused-ring (bicyclic) bond motifs is 1. The molecule has 2 aromatic heterocycles. The van der Waals surface area contributed by atoms with Gasteiger partial charge in [-0.05, 0) is 17.7 Å². The van der Waals surface area contributed by atoms with Crippen molar-refractivity contribution in [1.82, 2.24) is 9.78 Å². The molecule has 124 valence electrons. The Bertz CT molecular complexity index is 764. The summed E-state index contributed by atoms with van der Waals surface area (Å²) in [7, 11) is 2.87. The number of hydrogen-bond donors (Lipinski definition) is 1. The Morgan fingerprint density at radius 3 is 2.83 bits per heavy atom. The molecule has 0 bridgehead atoms. The van der Waals surface area contributed by atoms with Crippen molar-refractivity contribution < 1.29 is 18.0 Å². The van der Waals surface area contributed by atoms with E-state index in [1.165, 1.54) is 18.4 Å². The number of alkyl halides is 3. The highest BCUT2D eigenvalue weighted by atomic mass is 32.2. The first-order valence-electron chi connectivity index (χ1n) is 6.88. The Hall–Kier alpha value is -1.48. The lowest BCUT2D eigenvalue weighted by atomic mass is 9.98. The van der Waals surface area contributed by atoms with Crippen molar-refractivity contribution in [3.63, 3.8) is 0 Å². The maximum atomic E-state index is 13.2. The number of hydrogen-bond acceptors (Lipinski definition) is 5. The maximum absolute atomic E-state index is 13.2. The molecule has 1 aliphatic heterocycles. The average Bonchev–Trinajstić information content (AvgIpc) is 3.06. The van der Waals surface area contributed by atoms with Crippen LogP contribution in [-0.4, -0.2) is 28.4 Å². The van der Waals surface area contributed by atoms with Crippen molar-refractivity contribution in [3.8, 4) is 0 Å². The summed E-state index contributed by atoms with van der Waals surface area (Å²) in [5.41, 5.74) is -0.156. The zero-order valence-corrected chi connectivity index (χ0v) is 14.1. The number of ketones is 1. The molecule has 4 nitrogen and oxygen atoms in total. The number of carbonyl (C=O) groups excluding carboxylic acids is 1. The number of carbonyl (C=O) groups is 1. The average molecular weight is 361 g/mol. The summed E-state index contributed by atoms with van der Waals surface area (Å²) in [5, 5.41) is 7.21. The third kappa shape index (κ3) is 2.76. The zero-order chi connectivity index (χ0) is 16.8. The molecule has 0 fully saturated rings. The highest BCUT2D eigenvalue weighted by molar-refractivity contribution is 7.98. The highest BCUT2D eigenvalue weighted by Gasteiger charge is 2.40. The largest absolute Gasteiger partial charge is 0.433 e. The Balaban J connectivity index is 2.14. The third-order valence-corrected chi connectivity index (χ3v) is 6.14. The first-order chi connectivity index (χ1) is 10.8. The Kier molecular flexibility index (Phi) is 4.18. The molecular weight excluding hydrogens is 347 g/mol. The van der Waals surface area contributed by atoms with Crippen molar-refractivity contribution >= 4 is 33.9 Å². The lowest BCUT2D eigenvalue weighted by Crippen LogP contribution is -2.18. The number of thiophene rings is 1. The van der Waals surface area contributed by atoms with Crippen molar-refractivity contribution in [2.45, 2.75) is 18.3 Å². The summed E-state index contributed by atoms with van der Waals surface area (Å²) in [6.07, 6.45) is -2.92. The van der Waals surface area contributed by atoms with Gasteiger partial charge in [-0.15, -0.1) is 11.3 Å². The van der Waals surface area contributed by atoms with E-state index in [1.54, 1.807) is 18.8 Å². The number of nitrogens with zero attached hydrogens (tertiary/aromatic N) is 2. The normalized spacial score (nSPS) is 14.7. The number of aryl methyl sites for hydroxylation is 1. The summed E-state index contributed by atoms with van der Waals surface area (Å²) < 4.78 is 40.4. The van der Waals surface area contributed by atoms with Gasteiger partial charge in [-0.1, -0.05) is 0 Å². The number of aromatic nitrogens is 2. The maximum Gasteiger partial charge on any atom is 0.433 e. The standard InChI is InChI=1S/C14H14F3N3OS2/c1-18-13-10(7-3-4-22-6-9(7)23-13)11(21)8-5-19-20(2)12(8)14(15,16)17/h5,18H,3-4,6H2,1-2H3. The number of halogens is 3. The van der Waals surface area contributed by atoms with Gasteiger partial charge in [0.05, 0.1) is 22.3 Å². The van der Waals surface area contributed by atoms with Crippen LogP contribution in [0.5, 0.6) is 0 Å². The second-order valence-corrected chi connectivity index (χ2v) is 7.33. The monoisotopic (exact) mass is 361 g/mol. The molecule has 0 atom stereocenters. The molecule has 3 rings (SSSR count). The van der Waals surface area contributed by atoms with Gasteiger partial charge in [0.2, 0.25) is 0 Å². The summed E-state index contributed by atoms with van der Waals surface area (Å²) in [5.74, 6) is 1.05. The topological polar surface area (TPSA) is 46.9 Å². The Morgan fingerprint density at radius 1 is 1.43 bits per heavy atom. The second-order valence-electron chi connectivity index (χ2n) is 5.12. The molecule has 0 unspecified atom stereocenters. The van der Waals surface area contributed by atoms with Crippen LogP contribution < -0.4 is 5.32 Å². The molecule has 1 aliphatic rings.